The summed E-state index contributed by atoms with van der Waals surface area (Å²) in [6, 6.07) is 1.92. The summed E-state index contributed by atoms with van der Waals surface area (Å²) < 4.78 is 0. The maximum atomic E-state index is 10.0. The van der Waals surface area contributed by atoms with Gasteiger partial charge in [0.25, 0.3) is 0 Å². The van der Waals surface area contributed by atoms with Crippen molar-refractivity contribution in [2.75, 3.05) is 0 Å². The molecule has 48 valence electrons. The first-order valence-electron chi connectivity index (χ1n) is 2.91. The van der Waals surface area contributed by atoms with E-state index < -0.39 is 0 Å². The summed E-state index contributed by atoms with van der Waals surface area (Å²) in [5.41, 5.74) is 2.17. The van der Waals surface area contributed by atoms with Crippen LogP contribution in [0.1, 0.15) is 11.3 Å². The first-order valence-corrected chi connectivity index (χ1v) is 2.91. The van der Waals surface area contributed by atoms with Crippen molar-refractivity contribution >= 4 is 6.29 Å². The molecule has 1 rings (SSSR count). The number of carbonyl (C=O) groups excluding carboxylic acids is 1. The average Bonchev–Trinajstić information content (AvgIpc) is 2.18. The van der Waals surface area contributed by atoms with E-state index >= 15 is 0 Å². The average molecular weight is 123 g/mol. The van der Waals surface area contributed by atoms with Crippen LogP contribution in [0.2, 0.25) is 0 Å². The third-order valence-electron chi connectivity index (χ3n) is 1.37. The highest BCUT2D eigenvalue weighted by Gasteiger charge is 1.94. The zero-order chi connectivity index (χ0) is 6.69. The SMILES string of the molecule is Cc1[nH]ccc1CC=O. The van der Waals surface area contributed by atoms with E-state index in [1.807, 2.05) is 19.2 Å². The van der Waals surface area contributed by atoms with Crippen LogP contribution in [0.4, 0.5) is 0 Å². The minimum Gasteiger partial charge on any atom is -0.365 e. The fraction of sp³-hybridized carbons (Fsp3) is 0.286. The second-order valence-corrected chi connectivity index (χ2v) is 2.00. The number of nitrogens with one attached hydrogen (secondary N) is 1. The molecular formula is C7H9NO. The highest BCUT2D eigenvalue weighted by Crippen LogP contribution is 2.03. The number of rotatable bonds is 2. The standard InChI is InChI=1S/C7H9NO/c1-6-7(3-5-9)2-4-8-6/h2,4-5,8H,3H2,1H3. The molecule has 0 aromatic carbocycles. The van der Waals surface area contributed by atoms with Crippen LogP contribution in [-0.2, 0) is 11.2 Å². The number of aldehydes is 1. The number of hydrogen-bond acceptors (Lipinski definition) is 1. The lowest BCUT2D eigenvalue weighted by molar-refractivity contribution is -0.107. The molecule has 0 aliphatic carbocycles. The summed E-state index contributed by atoms with van der Waals surface area (Å²) in [5, 5.41) is 0. The number of hydrogen-bond donors (Lipinski definition) is 1. The molecule has 9 heavy (non-hydrogen) atoms. The van der Waals surface area contributed by atoms with E-state index in [0.717, 1.165) is 17.5 Å². The minimum absolute atomic E-state index is 0.523. The molecule has 0 saturated carbocycles. The number of H-pyrrole nitrogens is 1. The monoisotopic (exact) mass is 123 g/mol. The van der Waals surface area contributed by atoms with Gasteiger partial charge in [-0.05, 0) is 18.6 Å². The maximum Gasteiger partial charge on any atom is 0.124 e. The van der Waals surface area contributed by atoms with E-state index in [9.17, 15) is 4.79 Å². The number of aromatic amines is 1. The van der Waals surface area contributed by atoms with E-state index in [1.54, 1.807) is 0 Å². The molecule has 0 radical (unpaired) electrons. The highest BCUT2D eigenvalue weighted by molar-refractivity contribution is 5.55. The van der Waals surface area contributed by atoms with Gasteiger partial charge in [0.1, 0.15) is 6.29 Å². The summed E-state index contributed by atoms with van der Waals surface area (Å²) in [4.78, 5) is 13.0. The van der Waals surface area contributed by atoms with Gasteiger partial charge >= 0.3 is 0 Å². The molecule has 0 amide bonds. The van der Waals surface area contributed by atoms with Gasteiger partial charge in [-0.1, -0.05) is 0 Å². The van der Waals surface area contributed by atoms with Crippen molar-refractivity contribution in [1.29, 1.82) is 0 Å². The second-order valence-electron chi connectivity index (χ2n) is 2.00. The largest absolute Gasteiger partial charge is 0.365 e. The van der Waals surface area contributed by atoms with E-state index in [4.69, 9.17) is 0 Å². The zero-order valence-electron chi connectivity index (χ0n) is 5.35. The molecule has 2 nitrogen and oxygen atoms in total. The Kier molecular flexibility index (Phi) is 1.68. The van der Waals surface area contributed by atoms with Crippen LogP contribution >= 0.6 is 0 Å². The van der Waals surface area contributed by atoms with Gasteiger partial charge in [-0.3, -0.25) is 0 Å². The molecule has 0 bridgehead atoms. The Morgan fingerprint density at radius 2 is 2.56 bits per heavy atom. The molecular weight excluding hydrogens is 114 g/mol. The van der Waals surface area contributed by atoms with Crippen LogP contribution in [0.3, 0.4) is 0 Å². The Bertz CT molecular complexity index is 202. The molecule has 1 aromatic rings. The van der Waals surface area contributed by atoms with Gasteiger partial charge in [0.15, 0.2) is 0 Å². The topological polar surface area (TPSA) is 32.9 Å². The fourth-order valence-electron chi connectivity index (χ4n) is 0.796. The molecule has 0 aliphatic rings. The zero-order valence-corrected chi connectivity index (χ0v) is 5.35. The molecule has 2 heteroatoms. The lowest BCUT2D eigenvalue weighted by Crippen LogP contribution is -1.84. The quantitative estimate of drug-likeness (QED) is 0.586. The summed E-state index contributed by atoms with van der Waals surface area (Å²) in [6.07, 6.45) is 3.28. The van der Waals surface area contributed by atoms with Gasteiger partial charge in [0, 0.05) is 18.3 Å². The number of aryl methyl sites for hydroxylation is 1. The number of carbonyl (C=O) groups is 1. The lowest BCUT2D eigenvalue weighted by atomic mass is 10.2. The predicted molar refractivity (Wildman–Crippen MR) is 35.3 cm³/mol. The Morgan fingerprint density at radius 1 is 1.78 bits per heavy atom. The molecule has 0 unspecified atom stereocenters. The fourth-order valence-corrected chi connectivity index (χ4v) is 0.796. The molecule has 0 spiro atoms. The molecule has 0 saturated heterocycles. The Hall–Kier alpha value is -1.05. The minimum atomic E-state index is 0.523. The molecule has 0 fully saturated rings. The van der Waals surface area contributed by atoms with Crippen LogP contribution in [0.5, 0.6) is 0 Å². The van der Waals surface area contributed by atoms with Crippen LogP contribution in [0.25, 0.3) is 0 Å². The Labute approximate surface area is 53.9 Å². The van der Waals surface area contributed by atoms with Crippen molar-refractivity contribution in [2.45, 2.75) is 13.3 Å². The summed E-state index contributed by atoms with van der Waals surface area (Å²) in [5.74, 6) is 0. The second kappa shape index (κ2) is 2.49. The van der Waals surface area contributed by atoms with Gasteiger partial charge in [-0.15, -0.1) is 0 Å². The van der Waals surface area contributed by atoms with Crippen LogP contribution < -0.4 is 0 Å². The van der Waals surface area contributed by atoms with Crippen LogP contribution in [0.15, 0.2) is 12.3 Å². The third kappa shape index (κ3) is 1.19. The van der Waals surface area contributed by atoms with Gasteiger partial charge in [0.2, 0.25) is 0 Å². The van der Waals surface area contributed by atoms with Crippen molar-refractivity contribution in [2.24, 2.45) is 0 Å². The van der Waals surface area contributed by atoms with Crippen LogP contribution in [0, 0.1) is 6.92 Å². The molecule has 1 heterocycles. The summed E-state index contributed by atoms with van der Waals surface area (Å²) >= 11 is 0. The van der Waals surface area contributed by atoms with Gasteiger partial charge in [-0.2, -0.15) is 0 Å². The Balaban J connectivity index is 2.80. The van der Waals surface area contributed by atoms with Crippen LogP contribution in [-0.4, -0.2) is 11.3 Å². The van der Waals surface area contributed by atoms with Crippen molar-refractivity contribution in [1.82, 2.24) is 4.98 Å². The van der Waals surface area contributed by atoms with Gasteiger partial charge in [-0.25, -0.2) is 0 Å². The van der Waals surface area contributed by atoms with E-state index in [1.165, 1.54) is 0 Å². The smallest absolute Gasteiger partial charge is 0.124 e. The molecule has 0 aliphatic heterocycles. The molecule has 1 N–H and O–H groups in total. The number of aromatic nitrogens is 1. The van der Waals surface area contributed by atoms with E-state index in [-0.39, 0.29) is 0 Å². The third-order valence-corrected chi connectivity index (χ3v) is 1.37. The van der Waals surface area contributed by atoms with E-state index in [0.29, 0.717) is 6.42 Å². The lowest BCUT2D eigenvalue weighted by Gasteiger charge is -1.88. The first-order chi connectivity index (χ1) is 4.34. The molecule has 1 aromatic heterocycles. The van der Waals surface area contributed by atoms with Gasteiger partial charge < -0.3 is 9.78 Å². The maximum absolute atomic E-state index is 10.0. The van der Waals surface area contributed by atoms with Crippen molar-refractivity contribution in [3.63, 3.8) is 0 Å². The van der Waals surface area contributed by atoms with Crippen molar-refractivity contribution in [3.05, 3.63) is 23.5 Å². The first kappa shape index (κ1) is 6.08. The summed E-state index contributed by atoms with van der Waals surface area (Å²) in [6.45, 7) is 1.96. The van der Waals surface area contributed by atoms with Gasteiger partial charge in [0.05, 0.1) is 0 Å². The van der Waals surface area contributed by atoms with Crippen molar-refractivity contribution < 1.29 is 4.79 Å². The van der Waals surface area contributed by atoms with E-state index in [2.05, 4.69) is 4.98 Å². The Morgan fingerprint density at radius 3 is 3.00 bits per heavy atom. The normalized spacial score (nSPS) is 9.44. The molecule has 0 atom stereocenters. The van der Waals surface area contributed by atoms with Crippen molar-refractivity contribution in [3.8, 4) is 0 Å². The predicted octanol–water partition coefficient (Wildman–Crippen LogP) is 1.06. The highest BCUT2D eigenvalue weighted by atomic mass is 16.1. The summed E-state index contributed by atoms with van der Waals surface area (Å²) in [7, 11) is 0.